The lowest BCUT2D eigenvalue weighted by atomic mass is 10.1. The predicted molar refractivity (Wildman–Crippen MR) is 123 cm³/mol. The maximum absolute atomic E-state index is 10.5. The molecule has 150 valence electrons. The van der Waals surface area contributed by atoms with Crippen LogP contribution in [-0.4, -0.2) is 45.8 Å². The van der Waals surface area contributed by atoms with Gasteiger partial charge < -0.3 is 21.1 Å². The summed E-state index contributed by atoms with van der Waals surface area (Å²) in [5, 5.41) is 18.3. The number of halogens is 1. The van der Waals surface area contributed by atoms with Gasteiger partial charge in [0.05, 0.1) is 9.99 Å². The van der Waals surface area contributed by atoms with Crippen LogP contribution in [0.4, 0.5) is 5.82 Å². The van der Waals surface area contributed by atoms with Crippen molar-refractivity contribution < 1.29 is 9.90 Å². The van der Waals surface area contributed by atoms with Gasteiger partial charge >= 0.3 is 5.97 Å². The number of carboxylic acids is 1. The lowest BCUT2D eigenvalue weighted by Crippen LogP contribution is -2.37. The Hall–Kier alpha value is -2.01. The average Bonchev–Trinajstić information content (AvgIpc) is 2.68. The zero-order valence-corrected chi connectivity index (χ0v) is 18.4. The minimum absolute atomic E-state index is 0.0438. The fourth-order valence-corrected chi connectivity index (χ4v) is 3.05. The number of aromatic nitrogens is 2. The van der Waals surface area contributed by atoms with Crippen LogP contribution in [0.3, 0.4) is 0 Å². The van der Waals surface area contributed by atoms with E-state index in [1.807, 2.05) is 24.4 Å². The highest BCUT2D eigenvalue weighted by Crippen LogP contribution is 2.15. The smallest absolute Gasteiger partial charge is 0.305 e. The molecule has 0 saturated heterocycles. The van der Waals surface area contributed by atoms with E-state index in [9.17, 15) is 4.79 Å². The van der Waals surface area contributed by atoms with E-state index in [1.165, 1.54) is 5.56 Å². The first-order valence-corrected chi connectivity index (χ1v) is 10.6. The fraction of sp³-hybridized carbons (Fsp3) is 0.368. The molecule has 2 rings (SSSR count). The number of carboxylic acid groups (broad SMARTS) is 1. The molecule has 0 saturated carbocycles. The molecular formula is C19H24IN5O2S. The standard InChI is InChI=1S/C19H24IN5O2S/c20-15-13-24-16(8-7-14-5-2-1-3-6-14)25-18(15)21-10-4-11-22-19(28)23-12-9-17(26)27/h1-3,5-6,13H,4,7-12H2,(H,26,27)(H,21,24,25)(H2,22,23,28). The van der Waals surface area contributed by atoms with E-state index in [4.69, 9.17) is 17.3 Å². The number of nitrogens with one attached hydrogen (secondary N) is 3. The first-order chi connectivity index (χ1) is 13.5. The molecule has 0 spiro atoms. The van der Waals surface area contributed by atoms with Crippen LogP contribution in [-0.2, 0) is 17.6 Å². The van der Waals surface area contributed by atoms with Crippen molar-refractivity contribution in [3.05, 3.63) is 51.5 Å². The van der Waals surface area contributed by atoms with Gasteiger partial charge in [0.1, 0.15) is 11.6 Å². The van der Waals surface area contributed by atoms with Gasteiger partial charge in [-0.15, -0.1) is 0 Å². The Bertz CT molecular complexity index is 776. The van der Waals surface area contributed by atoms with Gasteiger partial charge in [-0.25, -0.2) is 9.97 Å². The van der Waals surface area contributed by atoms with Crippen LogP contribution in [0.25, 0.3) is 0 Å². The van der Waals surface area contributed by atoms with Crippen LogP contribution in [0, 0.1) is 3.57 Å². The summed E-state index contributed by atoms with van der Waals surface area (Å²) < 4.78 is 0.986. The molecule has 9 heteroatoms. The van der Waals surface area contributed by atoms with Crippen LogP contribution in [0.1, 0.15) is 24.2 Å². The second kappa shape index (κ2) is 12.4. The Morgan fingerprint density at radius 2 is 1.86 bits per heavy atom. The summed E-state index contributed by atoms with van der Waals surface area (Å²) in [6.07, 6.45) is 4.45. The summed E-state index contributed by atoms with van der Waals surface area (Å²) in [5.74, 6) is 0.830. The van der Waals surface area contributed by atoms with Crippen molar-refractivity contribution in [3.8, 4) is 0 Å². The van der Waals surface area contributed by atoms with Crippen LogP contribution < -0.4 is 16.0 Å². The monoisotopic (exact) mass is 513 g/mol. The largest absolute Gasteiger partial charge is 0.481 e. The highest BCUT2D eigenvalue weighted by molar-refractivity contribution is 14.1. The molecule has 7 nitrogen and oxygen atoms in total. The predicted octanol–water partition coefficient (Wildman–Crippen LogP) is 2.61. The van der Waals surface area contributed by atoms with Crippen molar-refractivity contribution in [2.75, 3.05) is 25.0 Å². The molecule has 28 heavy (non-hydrogen) atoms. The molecule has 2 aromatic rings. The molecule has 0 aliphatic heterocycles. The van der Waals surface area contributed by atoms with Crippen LogP contribution >= 0.6 is 34.8 Å². The highest BCUT2D eigenvalue weighted by atomic mass is 127. The van der Waals surface area contributed by atoms with Crippen molar-refractivity contribution in [3.63, 3.8) is 0 Å². The van der Waals surface area contributed by atoms with Crippen molar-refractivity contribution >= 4 is 51.7 Å². The molecule has 0 fully saturated rings. The Morgan fingerprint density at radius 1 is 1.11 bits per heavy atom. The van der Waals surface area contributed by atoms with Gasteiger partial charge in [0.15, 0.2) is 5.11 Å². The summed E-state index contributed by atoms with van der Waals surface area (Å²) in [6, 6.07) is 10.3. The number of aliphatic carboxylic acids is 1. The molecule has 0 amide bonds. The van der Waals surface area contributed by atoms with E-state index in [2.05, 4.69) is 60.6 Å². The zero-order valence-electron chi connectivity index (χ0n) is 15.4. The van der Waals surface area contributed by atoms with Crippen molar-refractivity contribution in [2.24, 2.45) is 0 Å². The minimum atomic E-state index is -0.845. The van der Waals surface area contributed by atoms with Crippen molar-refractivity contribution in [1.82, 2.24) is 20.6 Å². The number of hydrogen-bond donors (Lipinski definition) is 4. The van der Waals surface area contributed by atoms with Crippen LogP contribution in [0.5, 0.6) is 0 Å². The summed E-state index contributed by atoms with van der Waals surface area (Å²) >= 11 is 7.33. The van der Waals surface area contributed by atoms with Gasteiger partial charge in [0, 0.05) is 32.3 Å². The third-order valence-electron chi connectivity index (χ3n) is 3.83. The molecule has 4 N–H and O–H groups in total. The number of aryl methyl sites for hydroxylation is 2. The molecule has 0 radical (unpaired) electrons. The topological polar surface area (TPSA) is 99.2 Å². The van der Waals surface area contributed by atoms with Crippen LogP contribution in [0.15, 0.2) is 36.5 Å². The lowest BCUT2D eigenvalue weighted by molar-refractivity contribution is -0.136. The number of nitrogens with zero attached hydrogens (tertiary/aromatic N) is 2. The number of hydrogen-bond acceptors (Lipinski definition) is 5. The normalized spacial score (nSPS) is 10.3. The molecule has 1 aromatic heterocycles. The number of carbonyl (C=O) groups is 1. The third-order valence-corrected chi connectivity index (χ3v) is 4.91. The number of anilines is 1. The second-order valence-corrected chi connectivity index (χ2v) is 7.65. The van der Waals surface area contributed by atoms with Crippen molar-refractivity contribution in [1.29, 1.82) is 0 Å². The maximum Gasteiger partial charge on any atom is 0.305 e. The quantitative estimate of drug-likeness (QED) is 0.207. The van der Waals surface area contributed by atoms with E-state index in [0.29, 0.717) is 18.2 Å². The highest BCUT2D eigenvalue weighted by Gasteiger charge is 2.05. The van der Waals surface area contributed by atoms with Gasteiger partial charge in [0.25, 0.3) is 0 Å². The molecule has 0 atom stereocenters. The van der Waals surface area contributed by atoms with Gasteiger partial charge in [-0.3, -0.25) is 4.79 Å². The number of rotatable bonds is 11. The Balaban J connectivity index is 1.69. The first-order valence-electron chi connectivity index (χ1n) is 9.07. The molecule has 0 bridgehead atoms. The van der Waals surface area contributed by atoms with Crippen molar-refractivity contribution in [2.45, 2.75) is 25.7 Å². The van der Waals surface area contributed by atoms with Gasteiger partial charge in [0.2, 0.25) is 0 Å². The van der Waals surface area contributed by atoms with Gasteiger partial charge in [-0.1, -0.05) is 30.3 Å². The Morgan fingerprint density at radius 3 is 2.61 bits per heavy atom. The number of thiocarbonyl (C=S) groups is 1. The molecule has 0 unspecified atom stereocenters. The average molecular weight is 513 g/mol. The summed E-state index contributed by atoms with van der Waals surface area (Å²) in [5.41, 5.74) is 1.28. The molecule has 1 heterocycles. The van der Waals surface area contributed by atoms with Gasteiger partial charge in [-0.05, 0) is 53.2 Å². The molecule has 1 aromatic carbocycles. The number of benzene rings is 1. The third kappa shape index (κ3) is 8.79. The molecule has 0 aliphatic rings. The summed E-state index contributed by atoms with van der Waals surface area (Å²) in [4.78, 5) is 19.5. The maximum atomic E-state index is 10.5. The van der Waals surface area contributed by atoms with E-state index in [-0.39, 0.29) is 6.42 Å². The molecule has 0 aliphatic carbocycles. The first kappa shape index (κ1) is 22.3. The SMILES string of the molecule is O=C(O)CCNC(=S)NCCCNc1nc(CCc2ccccc2)ncc1I. The van der Waals surface area contributed by atoms with Crippen LogP contribution in [0.2, 0.25) is 0 Å². The zero-order chi connectivity index (χ0) is 20.2. The van der Waals surface area contributed by atoms with E-state index in [1.54, 1.807) is 0 Å². The van der Waals surface area contributed by atoms with E-state index < -0.39 is 5.97 Å². The van der Waals surface area contributed by atoms with Gasteiger partial charge in [-0.2, -0.15) is 0 Å². The van der Waals surface area contributed by atoms with E-state index in [0.717, 1.165) is 41.0 Å². The Labute approximate surface area is 183 Å². The second-order valence-electron chi connectivity index (χ2n) is 6.08. The molecular weight excluding hydrogens is 489 g/mol. The minimum Gasteiger partial charge on any atom is -0.481 e. The summed E-state index contributed by atoms with van der Waals surface area (Å²) in [6.45, 7) is 1.76. The fourth-order valence-electron chi connectivity index (χ4n) is 2.39. The Kier molecular flexibility index (Phi) is 9.91. The van der Waals surface area contributed by atoms with E-state index >= 15 is 0 Å². The lowest BCUT2D eigenvalue weighted by Gasteiger charge is -2.11. The summed E-state index contributed by atoms with van der Waals surface area (Å²) in [7, 11) is 0.